The number of anilines is 1. The van der Waals surface area contributed by atoms with E-state index in [2.05, 4.69) is 19.8 Å². The molecule has 1 aliphatic heterocycles. The first-order valence-electron chi connectivity index (χ1n) is 7.05. The molecule has 0 bridgehead atoms. The highest BCUT2D eigenvalue weighted by Gasteiger charge is 2.22. The minimum absolute atomic E-state index is 0.0299. The molecule has 9 heteroatoms. The van der Waals surface area contributed by atoms with Crippen LogP contribution in [-0.4, -0.2) is 46.6 Å². The monoisotopic (exact) mass is 323 g/mol. The molecular weight excluding hydrogens is 306 g/mol. The van der Waals surface area contributed by atoms with Gasteiger partial charge < -0.3 is 4.74 Å². The average Bonchev–Trinajstić information content (AvgIpc) is 3.02. The minimum Gasteiger partial charge on any atom is -0.377 e. The molecule has 0 aromatic carbocycles. The van der Waals surface area contributed by atoms with E-state index in [0.29, 0.717) is 18.1 Å². The number of ether oxygens (including phenoxy) is 1. The van der Waals surface area contributed by atoms with Gasteiger partial charge in [-0.1, -0.05) is 0 Å². The summed E-state index contributed by atoms with van der Waals surface area (Å²) in [6.45, 7) is 0.633. The molecule has 2 aromatic rings. The molecule has 0 spiro atoms. The van der Waals surface area contributed by atoms with Crippen LogP contribution in [0.2, 0.25) is 0 Å². The second-order valence-electron chi connectivity index (χ2n) is 5.12. The summed E-state index contributed by atoms with van der Waals surface area (Å²) in [5, 5.41) is 3.96. The number of hydrogen-bond acceptors (Lipinski definition) is 6. The molecular formula is C13H17N5O3S. The molecule has 118 valence electrons. The topological polar surface area (TPSA) is 99.0 Å². The highest BCUT2D eigenvalue weighted by atomic mass is 32.2. The molecule has 0 aliphatic carbocycles. The maximum atomic E-state index is 12.1. The smallest absolute Gasteiger partial charge is 0.235 e. The van der Waals surface area contributed by atoms with Gasteiger partial charge in [0.25, 0.3) is 0 Å². The molecule has 1 atom stereocenters. The SMILES string of the molecule is O=S(=O)(CC1CCCCO1)Nc1ccc(-n2cncn2)nc1. The van der Waals surface area contributed by atoms with Crippen molar-refractivity contribution in [3.8, 4) is 5.82 Å². The van der Waals surface area contributed by atoms with Crippen LogP contribution in [0.1, 0.15) is 19.3 Å². The van der Waals surface area contributed by atoms with Crippen LogP contribution < -0.4 is 4.72 Å². The van der Waals surface area contributed by atoms with Crippen LogP contribution in [0.5, 0.6) is 0 Å². The van der Waals surface area contributed by atoms with Crippen molar-refractivity contribution in [3.63, 3.8) is 0 Å². The van der Waals surface area contributed by atoms with Gasteiger partial charge in [0.05, 0.1) is 23.7 Å². The number of hydrogen-bond donors (Lipinski definition) is 1. The zero-order valence-corrected chi connectivity index (χ0v) is 12.7. The van der Waals surface area contributed by atoms with Gasteiger partial charge in [0.15, 0.2) is 5.82 Å². The molecule has 1 unspecified atom stereocenters. The Balaban J connectivity index is 1.64. The second-order valence-corrected chi connectivity index (χ2v) is 6.88. The fourth-order valence-corrected chi connectivity index (χ4v) is 3.63. The third-order valence-corrected chi connectivity index (χ3v) is 4.71. The molecule has 0 saturated carbocycles. The molecule has 3 heterocycles. The van der Waals surface area contributed by atoms with Crippen LogP contribution in [0.4, 0.5) is 5.69 Å². The lowest BCUT2D eigenvalue weighted by molar-refractivity contribution is 0.0306. The molecule has 8 nitrogen and oxygen atoms in total. The summed E-state index contributed by atoms with van der Waals surface area (Å²) >= 11 is 0. The summed E-state index contributed by atoms with van der Waals surface area (Å²) in [4.78, 5) is 7.99. The Kier molecular flexibility index (Phi) is 4.34. The van der Waals surface area contributed by atoms with Crippen LogP contribution in [0.15, 0.2) is 31.0 Å². The van der Waals surface area contributed by atoms with Crippen molar-refractivity contribution in [1.82, 2.24) is 19.7 Å². The van der Waals surface area contributed by atoms with E-state index in [-0.39, 0.29) is 11.9 Å². The lowest BCUT2D eigenvalue weighted by Gasteiger charge is -2.22. The quantitative estimate of drug-likeness (QED) is 0.880. The Morgan fingerprint density at radius 2 is 2.27 bits per heavy atom. The lowest BCUT2D eigenvalue weighted by Crippen LogP contribution is -2.30. The third kappa shape index (κ3) is 3.80. The number of rotatable bonds is 5. The maximum Gasteiger partial charge on any atom is 0.235 e. The third-order valence-electron chi connectivity index (χ3n) is 3.35. The molecule has 0 radical (unpaired) electrons. The van der Waals surface area contributed by atoms with Crippen molar-refractivity contribution >= 4 is 15.7 Å². The van der Waals surface area contributed by atoms with E-state index < -0.39 is 10.0 Å². The highest BCUT2D eigenvalue weighted by molar-refractivity contribution is 7.92. The largest absolute Gasteiger partial charge is 0.377 e. The van der Waals surface area contributed by atoms with E-state index in [1.165, 1.54) is 23.5 Å². The number of nitrogens with zero attached hydrogens (tertiary/aromatic N) is 4. The Hall–Kier alpha value is -2.00. The zero-order valence-electron chi connectivity index (χ0n) is 11.9. The van der Waals surface area contributed by atoms with Crippen molar-refractivity contribution in [2.45, 2.75) is 25.4 Å². The van der Waals surface area contributed by atoms with Gasteiger partial charge in [0.2, 0.25) is 10.0 Å². The maximum absolute atomic E-state index is 12.1. The Morgan fingerprint density at radius 1 is 1.36 bits per heavy atom. The van der Waals surface area contributed by atoms with Crippen molar-refractivity contribution < 1.29 is 13.2 Å². The van der Waals surface area contributed by atoms with Crippen LogP contribution in [0.25, 0.3) is 5.82 Å². The van der Waals surface area contributed by atoms with Gasteiger partial charge in [-0.15, -0.1) is 0 Å². The predicted molar refractivity (Wildman–Crippen MR) is 80.2 cm³/mol. The molecule has 1 fully saturated rings. The highest BCUT2D eigenvalue weighted by Crippen LogP contribution is 2.16. The number of nitrogens with one attached hydrogen (secondary N) is 1. The van der Waals surface area contributed by atoms with Gasteiger partial charge in [-0.3, -0.25) is 4.72 Å². The van der Waals surface area contributed by atoms with Crippen molar-refractivity contribution in [1.29, 1.82) is 0 Å². The minimum atomic E-state index is -3.45. The van der Waals surface area contributed by atoms with E-state index >= 15 is 0 Å². The van der Waals surface area contributed by atoms with E-state index in [1.807, 2.05) is 0 Å². The first kappa shape index (κ1) is 14.9. The molecule has 0 amide bonds. The molecule has 3 rings (SSSR count). The van der Waals surface area contributed by atoms with E-state index in [0.717, 1.165) is 19.3 Å². The summed E-state index contributed by atoms with van der Waals surface area (Å²) in [7, 11) is -3.45. The Labute approximate surface area is 128 Å². The van der Waals surface area contributed by atoms with Gasteiger partial charge in [0, 0.05) is 6.61 Å². The number of aromatic nitrogens is 4. The normalized spacial score (nSPS) is 19.0. The van der Waals surface area contributed by atoms with E-state index in [4.69, 9.17) is 4.74 Å². The molecule has 22 heavy (non-hydrogen) atoms. The number of sulfonamides is 1. The van der Waals surface area contributed by atoms with Crippen molar-refractivity contribution in [2.24, 2.45) is 0 Å². The molecule has 1 saturated heterocycles. The van der Waals surface area contributed by atoms with Crippen LogP contribution in [0.3, 0.4) is 0 Å². The van der Waals surface area contributed by atoms with Gasteiger partial charge in [-0.25, -0.2) is 23.1 Å². The van der Waals surface area contributed by atoms with Gasteiger partial charge >= 0.3 is 0 Å². The predicted octanol–water partition coefficient (Wildman–Crippen LogP) is 0.973. The summed E-state index contributed by atoms with van der Waals surface area (Å²) in [5.41, 5.74) is 0.416. The molecule has 1 aliphatic rings. The first-order valence-corrected chi connectivity index (χ1v) is 8.71. The van der Waals surface area contributed by atoms with E-state index in [9.17, 15) is 8.42 Å². The van der Waals surface area contributed by atoms with Gasteiger partial charge in [-0.2, -0.15) is 5.10 Å². The average molecular weight is 323 g/mol. The fourth-order valence-electron chi connectivity index (χ4n) is 2.31. The first-order chi connectivity index (χ1) is 10.6. The molecule has 2 aromatic heterocycles. The molecule has 1 N–H and O–H groups in total. The Morgan fingerprint density at radius 3 is 2.91 bits per heavy atom. The number of pyridine rings is 1. The van der Waals surface area contributed by atoms with E-state index in [1.54, 1.807) is 12.1 Å². The van der Waals surface area contributed by atoms with Gasteiger partial charge in [-0.05, 0) is 31.4 Å². The van der Waals surface area contributed by atoms with Gasteiger partial charge in [0.1, 0.15) is 12.7 Å². The van der Waals surface area contributed by atoms with Crippen molar-refractivity contribution in [3.05, 3.63) is 31.0 Å². The summed E-state index contributed by atoms with van der Waals surface area (Å²) in [5.74, 6) is 0.536. The Bertz CT molecular complexity index is 694. The van der Waals surface area contributed by atoms with Crippen LogP contribution in [-0.2, 0) is 14.8 Å². The summed E-state index contributed by atoms with van der Waals surface area (Å²) < 4.78 is 33.8. The fraction of sp³-hybridized carbons (Fsp3) is 0.462. The standard InChI is InChI=1S/C13H17N5O3S/c19-22(20,8-12-3-1-2-6-21-12)17-11-4-5-13(15-7-11)18-10-14-9-16-18/h4-5,7,9-10,12,17H,1-3,6,8H2. The zero-order chi connectivity index (χ0) is 15.4. The van der Waals surface area contributed by atoms with Crippen LogP contribution >= 0.6 is 0 Å². The summed E-state index contributed by atoms with van der Waals surface area (Å²) in [6.07, 6.45) is 6.94. The second kappa shape index (κ2) is 6.41. The van der Waals surface area contributed by atoms with Crippen LogP contribution in [0, 0.1) is 0 Å². The lowest BCUT2D eigenvalue weighted by atomic mass is 10.1. The van der Waals surface area contributed by atoms with Crippen molar-refractivity contribution in [2.75, 3.05) is 17.1 Å². The summed E-state index contributed by atoms with van der Waals surface area (Å²) in [6, 6.07) is 3.31.